The largest absolute Gasteiger partial charge is 0.495 e. The lowest BCUT2D eigenvalue weighted by Gasteiger charge is -2.38. The van der Waals surface area contributed by atoms with Crippen molar-refractivity contribution >= 4 is 23.2 Å². The maximum Gasteiger partial charge on any atom is 0.138 e. The average Bonchev–Trinajstić information content (AvgIpc) is 2.41. The minimum absolute atomic E-state index is 0.111. The number of benzene rings is 1. The number of methoxy groups -OCH3 is 1. The number of hydrogen-bond donors (Lipinski definition) is 1. The van der Waals surface area contributed by atoms with E-state index in [1.807, 2.05) is 0 Å². The molecule has 1 fully saturated rings. The zero-order chi connectivity index (χ0) is 14.0. The van der Waals surface area contributed by atoms with Gasteiger partial charge in [-0.25, -0.2) is 0 Å². The van der Waals surface area contributed by atoms with Crippen LogP contribution in [0.25, 0.3) is 0 Å². The van der Waals surface area contributed by atoms with Crippen LogP contribution in [-0.4, -0.2) is 12.2 Å². The minimum atomic E-state index is -0.580. The van der Waals surface area contributed by atoms with E-state index in [0.717, 1.165) is 25.7 Å². The van der Waals surface area contributed by atoms with Gasteiger partial charge in [0.2, 0.25) is 0 Å². The fourth-order valence-electron chi connectivity index (χ4n) is 2.92. The summed E-state index contributed by atoms with van der Waals surface area (Å²) in [5, 5.41) is 11.7. The maximum absolute atomic E-state index is 10.7. The van der Waals surface area contributed by atoms with Crippen molar-refractivity contribution in [3.63, 3.8) is 0 Å². The van der Waals surface area contributed by atoms with Crippen molar-refractivity contribution in [2.24, 2.45) is 5.41 Å². The van der Waals surface area contributed by atoms with Gasteiger partial charge in [-0.3, -0.25) is 0 Å². The molecule has 1 aromatic carbocycles. The average molecular weight is 303 g/mol. The van der Waals surface area contributed by atoms with Crippen molar-refractivity contribution in [3.05, 3.63) is 27.7 Å². The van der Waals surface area contributed by atoms with Crippen molar-refractivity contribution in [2.45, 2.75) is 45.1 Å². The molecule has 0 aromatic heterocycles. The lowest BCUT2D eigenvalue weighted by Crippen LogP contribution is -2.28. The number of hydrogen-bond acceptors (Lipinski definition) is 2. The number of aliphatic hydroxyl groups excluding tert-OH is 1. The lowest BCUT2D eigenvalue weighted by molar-refractivity contribution is 0.00824. The Bertz CT molecular complexity index is 454. The van der Waals surface area contributed by atoms with Crippen LogP contribution in [-0.2, 0) is 0 Å². The smallest absolute Gasteiger partial charge is 0.138 e. The first-order chi connectivity index (χ1) is 8.98. The van der Waals surface area contributed by atoms with Gasteiger partial charge >= 0.3 is 0 Å². The van der Waals surface area contributed by atoms with Crippen LogP contribution in [0.5, 0.6) is 5.75 Å². The van der Waals surface area contributed by atoms with Crippen LogP contribution in [0.4, 0.5) is 0 Å². The highest BCUT2D eigenvalue weighted by atomic mass is 35.5. The van der Waals surface area contributed by atoms with Crippen LogP contribution in [0.15, 0.2) is 12.1 Å². The standard InChI is InChI=1S/C15H20Cl2O2/c1-15(6-4-3-5-7-15)14(18)10-8-12(17)13(19-2)9-11(10)16/h8-9,14,18H,3-7H2,1-2H3. The lowest BCUT2D eigenvalue weighted by atomic mass is 9.70. The summed E-state index contributed by atoms with van der Waals surface area (Å²) in [7, 11) is 1.55. The second kappa shape index (κ2) is 5.90. The van der Waals surface area contributed by atoms with Crippen molar-refractivity contribution < 1.29 is 9.84 Å². The third kappa shape index (κ3) is 3.01. The summed E-state index contributed by atoms with van der Waals surface area (Å²) in [6.07, 6.45) is 5.04. The third-order valence-electron chi connectivity index (χ3n) is 4.22. The highest BCUT2D eigenvalue weighted by molar-refractivity contribution is 6.34. The minimum Gasteiger partial charge on any atom is -0.495 e. The van der Waals surface area contributed by atoms with E-state index >= 15 is 0 Å². The normalized spacial score (nSPS) is 20.1. The Labute approximate surface area is 124 Å². The molecule has 0 bridgehead atoms. The first kappa shape index (κ1) is 15.0. The molecule has 1 aromatic rings. The Morgan fingerprint density at radius 1 is 1.16 bits per heavy atom. The van der Waals surface area contributed by atoms with Crippen LogP contribution in [0, 0.1) is 5.41 Å². The molecule has 2 nitrogen and oxygen atoms in total. The van der Waals surface area contributed by atoms with Crippen molar-refractivity contribution in [3.8, 4) is 5.75 Å². The fourth-order valence-corrected chi connectivity index (χ4v) is 3.42. The summed E-state index contributed by atoms with van der Waals surface area (Å²) >= 11 is 12.4. The number of halogens is 2. The second-order valence-corrected chi connectivity index (χ2v) is 6.44. The molecular formula is C15H20Cl2O2. The number of ether oxygens (including phenoxy) is 1. The van der Waals surface area contributed by atoms with Gasteiger partial charge < -0.3 is 9.84 Å². The highest BCUT2D eigenvalue weighted by Gasteiger charge is 2.36. The fraction of sp³-hybridized carbons (Fsp3) is 0.600. The first-order valence-electron chi connectivity index (χ1n) is 6.69. The Kier molecular flexibility index (Phi) is 4.65. The summed E-state index contributed by atoms with van der Waals surface area (Å²) in [6.45, 7) is 2.13. The van der Waals surface area contributed by atoms with Gasteiger partial charge in [0.05, 0.1) is 23.3 Å². The van der Waals surface area contributed by atoms with Gasteiger partial charge in [-0.2, -0.15) is 0 Å². The van der Waals surface area contributed by atoms with Gasteiger partial charge in [-0.15, -0.1) is 0 Å². The van der Waals surface area contributed by atoms with E-state index < -0.39 is 6.10 Å². The molecule has 0 radical (unpaired) electrons. The van der Waals surface area contributed by atoms with E-state index in [9.17, 15) is 5.11 Å². The summed E-state index contributed by atoms with van der Waals surface area (Å²) < 4.78 is 5.13. The maximum atomic E-state index is 10.7. The van der Waals surface area contributed by atoms with Crippen molar-refractivity contribution in [1.82, 2.24) is 0 Å². The summed E-state index contributed by atoms with van der Waals surface area (Å²) in [6, 6.07) is 3.40. The Balaban J connectivity index is 2.33. The van der Waals surface area contributed by atoms with Gasteiger partial charge in [-0.1, -0.05) is 49.4 Å². The molecule has 1 atom stereocenters. The Morgan fingerprint density at radius 2 is 1.79 bits per heavy atom. The predicted molar refractivity (Wildman–Crippen MR) is 79.2 cm³/mol. The molecule has 19 heavy (non-hydrogen) atoms. The van der Waals surface area contributed by atoms with Gasteiger partial charge in [0, 0.05) is 11.6 Å². The SMILES string of the molecule is COc1cc(Cl)c(C(O)C2(C)CCCCC2)cc1Cl. The quantitative estimate of drug-likeness (QED) is 0.851. The zero-order valence-electron chi connectivity index (χ0n) is 11.4. The molecule has 1 N–H and O–H groups in total. The molecule has 1 saturated carbocycles. The molecule has 1 aliphatic rings. The van der Waals surface area contributed by atoms with Gasteiger partial charge in [-0.05, 0) is 24.3 Å². The van der Waals surface area contributed by atoms with Crippen LogP contribution in [0.1, 0.15) is 50.7 Å². The molecule has 1 unspecified atom stereocenters. The van der Waals surface area contributed by atoms with E-state index in [2.05, 4.69) is 6.92 Å². The van der Waals surface area contributed by atoms with Crippen LogP contribution >= 0.6 is 23.2 Å². The predicted octanol–water partition coefficient (Wildman–Crippen LogP) is 5.01. The molecule has 0 amide bonds. The van der Waals surface area contributed by atoms with Gasteiger partial charge in [0.15, 0.2) is 0 Å². The van der Waals surface area contributed by atoms with E-state index in [4.69, 9.17) is 27.9 Å². The molecule has 2 rings (SSSR count). The van der Waals surface area contributed by atoms with Crippen LogP contribution in [0.2, 0.25) is 10.0 Å². The van der Waals surface area contributed by atoms with Gasteiger partial charge in [0.1, 0.15) is 5.75 Å². The highest BCUT2D eigenvalue weighted by Crippen LogP contribution is 2.48. The summed E-state index contributed by atoms with van der Waals surface area (Å²) in [5.74, 6) is 0.538. The molecule has 0 spiro atoms. The van der Waals surface area contributed by atoms with E-state index in [1.54, 1.807) is 19.2 Å². The van der Waals surface area contributed by atoms with Crippen molar-refractivity contribution in [2.75, 3.05) is 7.11 Å². The van der Waals surface area contributed by atoms with E-state index in [0.29, 0.717) is 21.4 Å². The summed E-state index contributed by atoms with van der Waals surface area (Å²) in [4.78, 5) is 0. The monoisotopic (exact) mass is 302 g/mol. The molecule has 106 valence electrons. The van der Waals surface area contributed by atoms with E-state index in [-0.39, 0.29) is 5.41 Å². The molecular weight excluding hydrogens is 283 g/mol. The second-order valence-electron chi connectivity index (χ2n) is 5.63. The van der Waals surface area contributed by atoms with Gasteiger partial charge in [0.25, 0.3) is 0 Å². The number of aliphatic hydroxyl groups is 1. The summed E-state index contributed by atoms with van der Waals surface area (Å²) in [5.41, 5.74) is 0.594. The first-order valence-corrected chi connectivity index (χ1v) is 7.44. The number of rotatable bonds is 3. The molecule has 0 saturated heterocycles. The third-order valence-corrected chi connectivity index (χ3v) is 4.84. The molecule has 4 heteroatoms. The zero-order valence-corrected chi connectivity index (χ0v) is 12.9. The molecule has 0 aliphatic heterocycles. The van der Waals surface area contributed by atoms with Crippen LogP contribution in [0.3, 0.4) is 0 Å². The topological polar surface area (TPSA) is 29.5 Å². The van der Waals surface area contributed by atoms with E-state index in [1.165, 1.54) is 6.42 Å². The molecule has 0 heterocycles. The Hall–Kier alpha value is -0.440. The molecule has 1 aliphatic carbocycles. The Morgan fingerprint density at radius 3 is 2.37 bits per heavy atom. The van der Waals surface area contributed by atoms with Crippen LogP contribution < -0.4 is 4.74 Å². The van der Waals surface area contributed by atoms with Crippen molar-refractivity contribution in [1.29, 1.82) is 0 Å².